The molecule has 1 aromatic carbocycles. The lowest BCUT2D eigenvalue weighted by molar-refractivity contribution is 0.0921. The molecule has 2 aromatic rings. The number of carbonyl (C=O) groups excluding carboxylic acids is 1. The molecule has 0 saturated carbocycles. The molecule has 0 spiro atoms. The Morgan fingerprint density at radius 2 is 2.08 bits per heavy atom. The van der Waals surface area contributed by atoms with Crippen molar-refractivity contribution in [3.8, 4) is 0 Å². The number of benzene rings is 1. The highest BCUT2D eigenvalue weighted by Crippen LogP contribution is 2.20. The maximum atomic E-state index is 12.4. The summed E-state index contributed by atoms with van der Waals surface area (Å²) in [4.78, 5) is 14.6. The predicted molar refractivity (Wildman–Crippen MR) is 91.5 cm³/mol. The van der Waals surface area contributed by atoms with E-state index in [1.54, 1.807) is 12.1 Å². The molecule has 24 heavy (non-hydrogen) atoms. The Hall–Kier alpha value is -2.18. The van der Waals surface area contributed by atoms with Gasteiger partial charge in [0.1, 0.15) is 0 Å². The second kappa shape index (κ2) is 7.15. The van der Waals surface area contributed by atoms with Crippen LogP contribution in [-0.4, -0.2) is 51.4 Å². The summed E-state index contributed by atoms with van der Waals surface area (Å²) in [5.41, 5.74) is 2.79. The van der Waals surface area contributed by atoms with Crippen LogP contribution in [0.1, 0.15) is 21.7 Å². The molecule has 2 unspecified atom stereocenters. The minimum absolute atomic E-state index is 0.0444. The highest BCUT2D eigenvalue weighted by atomic mass is 16.3. The molecule has 0 radical (unpaired) electrons. The number of nitrogens with zero attached hydrogens (tertiary/aromatic N) is 3. The van der Waals surface area contributed by atoms with E-state index in [2.05, 4.69) is 21.4 Å². The summed E-state index contributed by atoms with van der Waals surface area (Å²) in [5.74, 6) is -0.0377. The lowest BCUT2D eigenvalue weighted by Crippen LogP contribution is -2.41. The number of hydrogen-bond donors (Lipinski definition) is 2. The van der Waals surface area contributed by atoms with Crippen LogP contribution in [0.3, 0.4) is 0 Å². The number of aryl methyl sites for hydroxylation is 2. The van der Waals surface area contributed by atoms with Crippen LogP contribution in [0, 0.1) is 12.8 Å². The first-order valence-corrected chi connectivity index (χ1v) is 8.25. The summed E-state index contributed by atoms with van der Waals surface area (Å²) in [6.45, 7) is 4.31. The SMILES string of the molecule is Cc1cc(CN2CC(CO)C(NC(=O)c3ccccc3)C2)n(C)n1. The van der Waals surface area contributed by atoms with Gasteiger partial charge in [0.25, 0.3) is 5.91 Å². The maximum absolute atomic E-state index is 12.4. The number of likely N-dealkylation sites (tertiary alicyclic amines) is 1. The number of rotatable bonds is 5. The second-order valence-electron chi connectivity index (χ2n) is 6.48. The zero-order valence-electron chi connectivity index (χ0n) is 14.1. The first kappa shape index (κ1) is 16.7. The van der Waals surface area contributed by atoms with Crippen LogP contribution in [0.2, 0.25) is 0 Å². The quantitative estimate of drug-likeness (QED) is 0.857. The standard InChI is InChI=1S/C18H24N4O2/c1-13-8-16(21(2)20-13)10-22-9-15(12-23)17(11-22)19-18(24)14-6-4-3-5-7-14/h3-8,15,17,23H,9-12H2,1-2H3,(H,19,24). The van der Waals surface area contributed by atoms with E-state index in [1.807, 2.05) is 36.9 Å². The highest BCUT2D eigenvalue weighted by Gasteiger charge is 2.33. The number of hydrogen-bond acceptors (Lipinski definition) is 4. The topological polar surface area (TPSA) is 70.4 Å². The lowest BCUT2D eigenvalue weighted by Gasteiger charge is -2.18. The largest absolute Gasteiger partial charge is 0.396 e. The number of amides is 1. The Morgan fingerprint density at radius 3 is 2.71 bits per heavy atom. The van der Waals surface area contributed by atoms with Gasteiger partial charge in [-0.25, -0.2) is 0 Å². The van der Waals surface area contributed by atoms with E-state index in [-0.39, 0.29) is 24.5 Å². The van der Waals surface area contributed by atoms with Crippen LogP contribution in [-0.2, 0) is 13.6 Å². The maximum Gasteiger partial charge on any atom is 0.251 e. The summed E-state index contributed by atoms with van der Waals surface area (Å²) in [5, 5.41) is 17.1. The van der Waals surface area contributed by atoms with Crippen molar-refractivity contribution in [2.45, 2.75) is 19.5 Å². The Kier molecular flexibility index (Phi) is 4.97. The van der Waals surface area contributed by atoms with Gasteiger partial charge in [0.15, 0.2) is 0 Å². The Balaban J connectivity index is 1.64. The smallest absolute Gasteiger partial charge is 0.251 e. The Morgan fingerprint density at radius 1 is 1.33 bits per heavy atom. The Labute approximate surface area is 142 Å². The first-order valence-electron chi connectivity index (χ1n) is 8.25. The first-order chi connectivity index (χ1) is 11.6. The average Bonchev–Trinajstić information content (AvgIpc) is 3.10. The monoisotopic (exact) mass is 328 g/mol. The van der Waals surface area contributed by atoms with E-state index >= 15 is 0 Å². The third-order valence-electron chi connectivity index (χ3n) is 4.59. The van der Waals surface area contributed by atoms with Crippen molar-refractivity contribution in [2.75, 3.05) is 19.7 Å². The van der Waals surface area contributed by atoms with Crippen molar-refractivity contribution >= 4 is 5.91 Å². The summed E-state index contributed by atoms with van der Waals surface area (Å²) in [6.07, 6.45) is 0. The van der Waals surface area contributed by atoms with Crippen LogP contribution in [0.4, 0.5) is 0 Å². The van der Waals surface area contributed by atoms with Crippen molar-refractivity contribution in [3.63, 3.8) is 0 Å². The molecule has 0 aliphatic carbocycles. The molecule has 128 valence electrons. The number of aromatic nitrogens is 2. The minimum Gasteiger partial charge on any atom is -0.396 e. The van der Waals surface area contributed by atoms with Crippen molar-refractivity contribution in [3.05, 3.63) is 53.3 Å². The number of aliphatic hydroxyl groups excluding tert-OH is 1. The molecule has 3 rings (SSSR count). The van der Waals surface area contributed by atoms with Gasteiger partial charge in [-0.05, 0) is 25.1 Å². The molecule has 2 N–H and O–H groups in total. The minimum atomic E-state index is -0.0859. The zero-order valence-corrected chi connectivity index (χ0v) is 14.1. The number of aliphatic hydroxyl groups is 1. The van der Waals surface area contributed by atoms with Gasteiger partial charge in [0.2, 0.25) is 0 Å². The van der Waals surface area contributed by atoms with Crippen molar-refractivity contribution in [2.24, 2.45) is 13.0 Å². The van der Waals surface area contributed by atoms with Crippen LogP contribution in [0.15, 0.2) is 36.4 Å². The molecule has 2 heterocycles. The van der Waals surface area contributed by atoms with E-state index in [9.17, 15) is 9.90 Å². The van der Waals surface area contributed by atoms with E-state index in [0.29, 0.717) is 5.56 Å². The molecule has 1 aromatic heterocycles. The number of carbonyl (C=O) groups is 1. The molecule has 6 nitrogen and oxygen atoms in total. The molecule has 6 heteroatoms. The van der Waals surface area contributed by atoms with E-state index in [0.717, 1.165) is 31.0 Å². The number of nitrogens with one attached hydrogen (secondary N) is 1. The van der Waals surface area contributed by atoms with Crippen molar-refractivity contribution in [1.29, 1.82) is 0 Å². The summed E-state index contributed by atoms with van der Waals surface area (Å²) < 4.78 is 1.89. The van der Waals surface area contributed by atoms with E-state index < -0.39 is 0 Å². The molecule has 1 fully saturated rings. The van der Waals surface area contributed by atoms with Crippen LogP contribution in [0.5, 0.6) is 0 Å². The van der Waals surface area contributed by atoms with Gasteiger partial charge in [-0.2, -0.15) is 5.10 Å². The fourth-order valence-corrected chi connectivity index (χ4v) is 3.32. The zero-order chi connectivity index (χ0) is 17.1. The van der Waals surface area contributed by atoms with Crippen molar-refractivity contribution < 1.29 is 9.90 Å². The Bertz CT molecular complexity index is 698. The van der Waals surface area contributed by atoms with Gasteiger partial charge in [-0.1, -0.05) is 18.2 Å². The van der Waals surface area contributed by atoms with Crippen LogP contribution < -0.4 is 5.32 Å². The summed E-state index contributed by atoms with van der Waals surface area (Å²) >= 11 is 0. The van der Waals surface area contributed by atoms with Crippen LogP contribution >= 0.6 is 0 Å². The summed E-state index contributed by atoms with van der Waals surface area (Å²) in [7, 11) is 1.94. The fraction of sp³-hybridized carbons (Fsp3) is 0.444. The average molecular weight is 328 g/mol. The third kappa shape index (κ3) is 3.66. The van der Waals surface area contributed by atoms with Gasteiger partial charge in [-0.3, -0.25) is 14.4 Å². The lowest BCUT2D eigenvalue weighted by atomic mass is 10.0. The van der Waals surface area contributed by atoms with Gasteiger partial charge >= 0.3 is 0 Å². The molecule has 1 amide bonds. The molecule has 0 bridgehead atoms. The molecule has 1 aliphatic rings. The molecular formula is C18H24N4O2. The van der Waals surface area contributed by atoms with Crippen LogP contribution in [0.25, 0.3) is 0 Å². The van der Waals surface area contributed by atoms with Gasteiger partial charge in [0.05, 0.1) is 11.4 Å². The molecular weight excluding hydrogens is 304 g/mol. The van der Waals surface area contributed by atoms with Gasteiger partial charge < -0.3 is 10.4 Å². The third-order valence-corrected chi connectivity index (χ3v) is 4.59. The second-order valence-corrected chi connectivity index (χ2v) is 6.48. The van der Waals surface area contributed by atoms with E-state index in [4.69, 9.17) is 0 Å². The van der Waals surface area contributed by atoms with Gasteiger partial charge in [0, 0.05) is 50.8 Å². The normalized spacial score (nSPS) is 21.1. The predicted octanol–water partition coefficient (Wildman–Crippen LogP) is 0.951. The van der Waals surface area contributed by atoms with Gasteiger partial charge in [-0.15, -0.1) is 0 Å². The summed E-state index contributed by atoms with van der Waals surface area (Å²) in [6, 6.07) is 11.2. The fourth-order valence-electron chi connectivity index (χ4n) is 3.32. The van der Waals surface area contributed by atoms with E-state index in [1.165, 1.54) is 0 Å². The highest BCUT2D eigenvalue weighted by molar-refractivity contribution is 5.94. The molecule has 2 atom stereocenters. The van der Waals surface area contributed by atoms with Crippen molar-refractivity contribution in [1.82, 2.24) is 20.0 Å². The molecule has 1 saturated heterocycles. The molecule has 1 aliphatic heterocycles.